The van der Waals surface area contributed by atoms with Crippen LogP contribution >= 0.6 is 0 Å². The van der Waals surface area contributed by atoms with E-state index in [-0.39, 0.29) is 0 Å². The van der Waals surface area contributed by atoms with Crippen molar-refractivity contribution >= 4 is 65.0 Å². The van der Waals surface area contributed by atoms with E-state index < -0.39 is 0 Å². The van der Waals surface area contributed by atoms with Gasteiger partial charge >= 0.3 is 0 Å². The molecule has 7 aromatic carbocycles. The molecule has 10 aromatic rings. The number of aromatic nitrogens is 3. The van der Waals surface area contributed by atoms with Crippen molar-refractivity contribution in [3.63, 3.8) is 0 Å². The second kappa shape index (κ2) is 10.5. The van der Waals surface area contributed by atoms with Gasteiger partial charge in [-0.25, -0.2) is 15.0 Å². The standard InChI is InChI=1S/C45H27N3/c1-4-10-36-28(7-1)13-16-31-21-24-42(48-45(31)36)41-23-20-30-15-18-34(27-44(30)47-41)40-22-19-29-14-17-33(26-43(29)46-40)39-25-32-8-2-3-9-35(32)37-11-5-6-12-38(37)39/h1-27H. The third kappa shape index (κ3) is 4.33. The maximum Gasteiger partial charge on any atom is 0.0894 e. The summed E-state index contributed by atoms with van der Waals surface area (Å²) in [6, 6.07) is 58.0. The van der Waals surface area contributed by atoms with Crippen LogP contribution in [0.15, 0.2) is 164 Å². The maximum atomic E-state index is 5.18. The lowest BCUT2D eigenvalue weighted by atomic mass is 9.93. The minimum Gasteiger partial charge on any atom is -0.248 e. The first kappa shape index (κ1) is 26.7. The molecule has 3 aromatic heterocycles. The maximum absolute atomic E-state index is 5.18. The van der Waals surface area contributed by atoms with E-state index in [0.717, 1.165) is 66.3 Å². The van der Waals surface area contributed by atoms with Crippen LogP contribution in [0.4, 0.5) is 0 Å². The van der Waals surface area contributed by atoms with Crippen LogP contribution < -0.4 is 0 Å². The molecule has 0 saturated carbocycles. The molecule has 0 aliphatic carbocycles. The fraction of sp³-hybridized carbons (Fsp3) is 0. The number of rotatable bonds is 3. The molecule has 0 aliphatic heterocycles. The molecule has 48 heavy (non-hydrogen) atoms. The molecule has 0 atom stereocenters. The van der Waals surface area contributed by atoms with Crippen LogP contribution in [-0.4, -0.2) is 15.0 Å². The second-order valence-corrected chi connectivity index (χ2v) is 12.5. The summed E-state index contributed by atoms with van der Waals surface area (Å²) in [6.07, 6.45) is 0. The lowest BCUT2D eigenvalue weighted by Crippen LogP contribution is -1.91. The summed E-state index contributed by atoms with van der Waals surface area (Å²) >= 11 is 0. The molecular formula is C45H27N3. The highest BCUT2D eigenvalue weighted by Crippen LogP contribution is 2.36. The van der Waals surface area contributed by atoms with E-state index in [4.69, 9.17) is 15.0 Å². The number of hydrogen-bond acceptors (Lipinski definition) is 3. The van der Waals surface area contributed by atoms with E-state index in [1.165, 1.54) is 32.5 Å². The molecule has 3 heterocycles. The van der Waals surface area contributed by atoms with E-state index in [1.807, 2.05) is 0 Å². The number of fused-ring (bicyclic) bond motifs is 8. The van der Waals surface area contributed by atoms with Crippen LogP contribution in [-0.2, 0) is 0 Å². The lowest BCUT2D eigenvalue weighted by molar-refractivity contribution is 1.32. The minimum absolute atomic E-state index is 0.855. The molecule has 0 N–H and O–H groups in total. The zero-order chi connectivity index (χ0) is 31.6. The Morgan fingerprint density at radius 3 is 1.62 bits per heavy atom. The Morgan fingerprint density at radius 2 is 0.812 bits per heavy atom. The fourth-order valence-electron chi connectivity index (χ4n) is 7.16. The second-order valence-electron chi connectivity index (χ2n) is 12.5. The quantitative estimate of drug-likeness (QED) is 0.187. The van der Waals surface area contributed by atoms with Gasteiger partial charge in [-0.05, 0) is 74.5 Å². The Balaban J connectivity index is 1.06. The summed E-state index contributed by atoms with van der Waals surface area (Å²) in [5.74, 6) is 0. The van der Waals surface area contributed by atoms with E-state index in [0.29, 0.717) is 0 Å². The lowest BCUT2D eigenvalue weighted by Gasteiger charge is -2.12. The molecule has 0 aliphatic rings. The molecule has 0 saturated heterocycles. The molecule has 3 nitrogen and oxygen atoms in total. The summed E-state index contributed by atoms with van der Waals surface area (Å²) in [5, 5.41) is 10.7. The van der Waals surface area contributed by atoms with Gasteiger partial charge in [0, 0.05) is 27.1 Å². The van der Waals surface area contributed by atoms with Crippen LogP contribution in [0.25, 0.3) is 98.8 Å². The normalized spacial score (nSPS) is 11.8. The summed E-state index contributed by atoms with van der Waals surface area (Å²) in [4.78, 5) is 15.4. The van der Waals surface area contributed by atoms with Gasteiger partial charge in [-0.15, -0.1) is 0 Å². The first-order valence-electron chi connectivity index (χ1n) is 16.3. The smallest absolute Gasteiger partial charge is 0.0894 e. The van der Waals surface area contributed by atoms with Crippen LogP contribution in [0.3, 0.4) is 0 Å². The summed E-state index contributed by atoms with van der Waals surface area (Å²) in [7, 11) is 0. The highest BCUT2D eigenvalue weighted by Gasteiger charge is 2.12. The average Bonchev–Trinajstić information content (AvgIpc) is 3.16. The number of benzene rings is 7. The molecule has 0 bridgehead atoms. The Kier molecular flexibility index (Phi) is 5.87. The zero-order valence-electron chi connectivity index (χ0n) is 25.9. The molecular weight excluding hydrogens is 583 g/mol. The van der Waals surface area contributed by atoms with Crippen molar-refractivity contribution in [1.82, 2.24) is 15.0 Å². The van der Waals surface area contributed by atoms with Gasteiger partial charge < -0.3 is 0 Å². The van der Waals surface area contributed by atoms with E-state index in [2.05, 4.69) is 164 Å². The molecule has 0 fully saturated rings. The molecule has 222 valence electrons. The van der Waals surface area contributed by atoms with Gasteiger partial charge in [-0.1, -0.05) is 127 Å². The molecule has 0 spiro atoms. The van der Waals surface area contributed by atoms with Crippen molar-refractivity contribution in [2.24, 2.45) is 0 Å². The van der Waals surface area contributed by atoms with Gasteiger partial charge in [0.05, 0.1) is 33.6 Å². The van der Waals surface area contributed by atoms with Crippen LogP contribution in [0.5, 0.6) is 0 Å². The zero-order valence-corrected chi connectivity index (χ0v) is 25.9. The first-order chi connectivity index (χ1) is 23.7. The molecule has 0 radical (unpaired) electrons. The predicted molar refractivity (Wildman–Crippen MR) is 201 cm³/mol. The molecule has 0 unspecified atom stereocenters. The topological polar surface area (TPSA) is 38.7 Å². The molecule has 0 amide bonds. The van der Waals surface area contributed by atoms with Crippen molar-refractivity contribution in [3.8, 4) is 33.8 Å². The van der Waals surface area contributed by atoms with Crippen molar-refractivity contribution in [1.29, 1.82) is 0 Å². The number of pyridine rings is 3. The molecule has 10 rings (SSSR count). The van der Waals surface area contributed by atoms with Gasteiger partial charge in [0.2, 0.25) is 0 Å². The van der Waals surface area contributed by atoms with Crippen LogP contribution in [0, 0.1) is 0 Å². The largest absolute Gasteiger partial charge is 0.248 e. The summed E-state index contributed by atoms with van der Waals surface area (Å²) < 4.78 is 0. The first-order valence-corrected chi connectivity index (χ1v) is 16.3. The van der Waals surface area contributed by atoms with Crippen LogP contribution in [0.2, 0.25) is 0 Å². The minimum atomic E-state index is 0.855. The van der Waals surface area contributed by atoms with Gasteiger partial charge in [0.15, 0.2) is 0 Å². The number of nitrogens with zero attached hydrogens (tertiary/aromatic N) is 3. The Hall–Kier alpha value is -6.45. The Bertz CT molecular complexity index is 2910. The van der Waals surface area contributed by atoms with Gasteiger partial charge in [-0.2, -0.15) is 0 Å². The number of hydrogen-bond donors (Lipinski definition) is 0. The SMILES string of the molecule is c1ccc2c(c1)cc(-c1ccc3ccc(-c4ccc5ccc(-c6ccc7ccc8ccccc8c7n6)nc5c4)nc3c1)c1ccccc12. The van der Waals surface area contributed by atoms with E-state index in [9.17, 15) is 0 Å². The molecule has 3 heteroatoms. The van der Waals surface area contributed by atoms with Crippen LogP contribution in [0.1, 0.15) is 0 Å². The van der Waals surface area contributed by atoms with Crippen molar-refractivity contribution < 1.29 is 0 Å². The average molecular weight is 610 g/mol. The highest BCUT2D eigenvalue weighted by molar-refractivity contribution is 6.14. The monoisotopic (exact) mass is 609 g/mol. The van der Waals surface area contributed by atoms with Gasteiger partial charge in [0.1, 0.15) is 0 Å². The summed E-state index contributed by atoms with van der Waals surface area (Å²) in [6.45, 7) is 0. The third-order valence-electron chi connectivity index (χ3n) is 9.61. The fourth-order valence-corrected chi connectivity index (χ4v) is 7.16. The van der Waals surface area contributed by atoms with Crippen molar-refractivity contribution in [3.05, 3.63) is 164 Å². The van der Waals surface area contributed by atoms with Gasteiger partial charge in [-0.3, -0.25) is 0 Å². The van der Waals surface area contributed by atoms with E-state index >= 15 is 0 Å². The Morgan fingerprint density at radius 1 is 0.292 bits per heavy atom. The predicted octanol–water partition coefficient (Wildman–Crippen LogP) is 11.8. The van der Waals surface area contributed by atoms with Crippen molar-refractivity contribution in [2.45, 2.75) is 0 Å². The van der Waals surface area contributed by atoms with Gasteiger partial charge in [0.25, 0.3) is 0 Å². The van der Waals surface area contributed by atoms with E-state index in [1.54, 1.807) is 0 Å². The van der Waals surface area contributed by atoms with Crippen molar-refractivity contribution in [2.75, 3.05) is 0 Å². The highest BCUT2D eigenvalue weighted by atomic mass is 14.8. The third-order valence-corrected chi connectivity index (χ3v) is 9.61. The summed E-state index contributed by atoms with van der Waals surface area (Å²) in [5.41, 5.74) is 8.94. The Labute approximate surface area is 276 Å².